The maximum absolute atomic E-state index is 10.2. The van der Waals surface area contributed by atoms with E-state index in [9.17, 15) is 13.0 Å². The Bertz CT molecular complexity index is 219. The van der Waals surface area contributed by atoms with Gasteiger partial charge in [0.25, 0.3) is 0 Å². The molecule has 0 aromatic carbocycles. The summed E-state index contributed by atoms with van der Waals surface area (Å²) in [5.41, 5.74) is 0. The van der Waals surface area contributed by atoms with Crippen LogP contribution >= 0.6 is 15.9 Å². The molecule has 0 radical (unpaired) electrons. The van der Waals surface area contributed by atoms with Gasteiger partial charge >= 0.3 is 29.6 Å². The average molecular weight is 309 g/mol. The van der Waals surface area contributed by atoms with Crippen molar-refractivity contribution in [2.24, 2.45) is 0 Å². The van der Waals surface area contributed by atoms with Gasteiger partial charge in [-0.15, -0.1) is 0 Å². The van der Waals surface area contributed by atoms with E-state index in [0.29, 0.717) is 6.42 Å². The molecule has 0 N–H and O–H groups in total. The summed E-state index contributed by atoms with van der Waals surface area (Å²) in [7, 11) is -3.98. The summed E-state index contributed by atoms with van der Waals surface area (Å²) in [5, 5.41) is 1.06. The monoisotopic (exact) mass is 308 g/mol. The molecule has 0 aliphatic heterocycles. The van der Waals surface area contributed by atoms with Gasteiger partial charge in [-0.25, -0.2) is 8.42 Å². The second-order valence-corrected chi connectivity index (χ2v) is 5.74. The largest absolute Gasteiger partial charge is 1.00 e. The molecule has 0 spiro atoms. The molecule has 0 bridgehead atoms. The minimum Gasteiger partial charge on any atom is -0.748 e. The first kappa shape index (κ1) is 18.7. The van der Waals surface area contributed by atoms with Gasteiger partial charge < -0.3 is 4.55 Å². The molecule has 3 nitrogen and oxygen atoms in total. The summed E-state index contributed by atoms with van der Waals surface area (Å²) < 4.78 is 30.7. The summed E-state index contributed by atoms with van der Waals surface area (Å²) in [5.74, 6) is -0.200. The Morgan fingerprint density at radius 2 is 1.27 bits per heavy atom. The summed E-state index contributed by atoms with van der Waals surface area (Å²) in [6, 6.07) is 0. The standard InChI is InChI=1S/C9H19BrO3S.Na/c10-8-6-4-2-1-3-5-7-9-14(11,12)13;/h1-9H2,(H,11,12,13);/q;+1/p-1. The summed E-state index contributed by atoms with van der Waals surface area (Å²) >= 11 is 3.36. The van der Waals surface area contributed by atoms with Crippen molar-refractivity contribution in [2.45, 2.75) is 44.9 Å². The van der Waals surface area contributed by atoms with E-state index in [1.165, 1.54) is 19.3 Å². The maximum Gasteiger partial charge on any atom is 1.00 e. The molecule has 0 aliphatic rings. The molecular formula is C9H18BrNaO3S. The van der Waals surface area contributed by atoms with Crippen LogP contribution in [-0.4, -0.2) is 24.1 Å². The zero-order chi connectivity index (χ0) is 10.9. The van der Waals surface area contributed by atoms with Crippen molar-refractivity contribution in [3.05, 3.63) is 0 Å². The Morgan fingerprint density at radius 1 is 0.867 bits per heavy atom. The average Bonchev–Trinajstić information content (AvgIpc) is 2.08. The first-order valence-corrected chi connectivity index (χ1v) is 7.75. The van der Waals surface area contributed by atoms with Gasteiger partial charge in [-0.05, 0) is 12.8 Å². The number of rotatable bonds is 9. The Kier molecular flexibility index (Phi) is 14.8. The van der Waals surface area contributed by atoms with Crippen molar-refractivity contribution in [3.8, 4) is 0 Å². The van der Waals surface area contributed by atoms with E-state index in [1.54, 1.807) is 0 Å². The van der Waals surface area contributed by atoms with Gasteiger partial charge in [0, 0.05) is 11.1 Å². The molecule has 86 valence electrons. The second kappa shape index (κ2) is 11.9. The molecule has 0 rings (SSSR count). The molecule has 0 unspecified atom stereocenters. The van der Waals surface area contributed by atoms with E-state index in [-0.39, 0.29) is 35.3 Å². The molecular weight excluding hydrogens is 291 g/mol. The minimum absolute atomic E-state index is 0. The SMILES string of the molecule is O=S(=O)([O-])CCCCCCCCCBr.[Na+]. The van der Waals surface area contributed by atoms with Gasteiger partial charge in [0.05, 0.1) is 10.1 Å². The Hall–Kier alpha value is 1.39. The number of unbranched alkanes of at least 4 members (excludes halogenated alkanes) is 6. The van der Waals surface area contributed by atoms with Crippen LogP contribution in [0.25, 0.3) is 0 Å². The van der Waals surface area contributed by atoms with Crippen molar-refractivity contribution in [1.82, 2.24) is 0 Å². The first-order valence-electron chi connectivity index (χ1n) is 5.06. The third-order valence-electron chi connectivity index (χ3n) is 2.03. The molecule has 15 heavy (non-hydrogen) atoms. The molecule has 0 aromatic rings. The Balaban J connectivity index is 0. The van der Waals surface area contributed by atoms with Crippen LogP contribution in [-0.2, 0) is 10.1 Å². The molecule has 0 aliphatic carbocycles. The Morgan fingerprint density at radius 3 is 1.67 bits per heavy atom. The van der Waals surface area contributed by atoms with Crippen molar-refractivity contribution in [2.75, 3.05) is 11.1 Å². The number of alkyl halides is 1. The van der Waals surface area contributed by atoms with Gasteiger partial charge in [-0.2, -0.15) is 0 Å². The van der Waals surface area contributed by atoms with Crippen molar-refractivity contribution >= 4 is 26.0 Å². The Labute approximate surface area is 124 Å². The summed E-state index contributed by atoms with van der Waals surface area (Å²) in [6.07, 6.45) is 7.19. The fourth-order valence-electron chi connectivity index (χ4n) is 1.26. The van der Waals surface area contributed by atoms with E-state index in [1.807, 2.05) is 0 Å². The quantitative estimate of drug-likeness (QED) is 0.253. The van der Waals surface area contributed by atoms with Crippen LogP contribution in [0, 0.1) is 0 Å². The van der Waals surface area contributed by atoms with Crippen LogP contribution in [0.2, 0.25) is 0 Å². The van der Waals surface area contributed by atoms with Gasteiger partial charge in [0.1, 0.15) is 0 Å². The van der Waals surface area contributed by atoms with E-state index in [2.05, 4.69) is 15.9 Å². The van der Waals surface area contributed by atoms with Crippen LogP contribution < -0.4 is 29.6 Å². The fraction of sp³-hybridized carbons (Fsp3) is 1.00. The van der Waals surface area contributed by atoms with Gasteiger partial charge in [0.15, 0.2) is 0 Å². The van der Waals surface area contributed by atoms with Crippen LogP contribution in [0.4, 0.5) is 0 Å². The maximum atomic E-state index is 10.2. The summed E-state index contributed by atoms with van der Waals surface area (Å²) in [4.78, 5) is 0. The fourth-order valence-corrected chi connectivity index (χ4v) is 2.21. The topological polar surface area (TPSA) is 57.2 Å². The van der Waals surface area contributed by atoms with Crippen molar-refractivity contribution < 1.29 is 42.5 Å². The zero-order valence-corrected chi connectivity index (χ0v) is 13.8. The van der Waals surface area contributed by atoms with E-state index < -0.39 is 10.1 Å². The van der Waals surface area contributed by atoms with Crippen LogP contribution in [0.5, 0.6) is 0 Å². The number of hydrogen-bond donors (Lipinski definition) is 0. The van der Waals surface area contributed by atoms with Gasteiger partial charge in [0.2, 0.25) is 0 Å². The number of hydrogen-bond acceptors (Lipinski definition) is 3. The third-order valence-corrected chi connectivity index (χ3v) is 3.38. The number of halogens is 1. The molecule has 0 saturated carbocycles. The molecule has 6 heteroatoms. The molecule has 0 heterocycles. The van der Waals surface area contributed by atoms with E-state index >= 15 is 0 Å². The molecule has 0 amide bonds. The van der Waals surface area contributed by atoms with Crippen molar-refractivity contribution in [1.29, 1.82) is 0 Å². The summed E-state index contributed by atoms with van der Waals surface area (Å²) in [6.45, 7) is 0. The van der Waals surface area contributed by atoms with Crippen LogP contribution in [0.3, 0.4) is 0 Å². The third kappa shape index (κ3) is 18.0. The van der Waals surface area contributed by atoms with Gasteiger partial charge in [-0.1, -0.05) is 48.0 Å². The molecule has 0 atom stereocenters. The predicted molar refractivity (Wildman–Crippen MR) is 60.7 cm³/mol. The van der Waals surface area contributed by atoms with Crippen LogP contribution in [0.15, 0.2) is 0 Å². The molecule has 0 aromatic heterocycles. The predicted octanol–water partition coefficient (Wildman–Crippen LogP) is -0.339. The zero-order valence-electron chi connectivity index (χ0n) is 9.37. The van der Waals surface area contributed by atoms with Gasteiger partial charge in [-0.3, -0.25) is 0 Å². The molecule has 0 fully saturated rings. The minimum atomic E-state index is -3.98. The normalized spacial score (nSPS) is 11.1. The molecule has 0 saturated heterocycles. The van der Waals surface area contributed by atoms with E-state index in [0.717, 1.165) is 24.6 Å². The van der Waals surface area contributed by atoms with Crippen molar-refractivity contribution in [3.63, 3.8) is 0 Å². The first-order chi connectivity index (χ1) is 6.56. The van der Waals surface area contributed by atoms with Crippen LogP contribution in [0.1, 0.15) is 44.9 Å². The smallest absolute Gasteiger partial charge is 0.748 e. The van der Waals surface area contributed by atoms with E-state index in [4.69, 9.17) is 0 Å². The second-order valence-electron chi connectivity index (χ2n) is 3.43.